The third kappa shape index (κ3) is 4.10. The van der Waals surface area contributed by atoms with Gasteiger partial charge < -0.3 is 4.57 Å². The van der Waals surface area contributed by atoms with Crippen LogP contribution < -0.4 is 15.9 Å². The van der Waals surface area contributed by atoms with E-state index >= 15 is 4.57 Å². The fourth-order valence-corrected chi connectivity index (χ4v) is 9.32. The summed E-state index contributed by atoms with van der Waals surface area (Å²) in [6, 6.07) is 52.0. The summed E-state index contributed by atoms with van der Waals surface area (Å²) in [5, 5.41) is 9.26. The highest BCUT2D eigenvalue weighted by Crippen LogP contribution is 2.45. The molecule has 43 heavy (non-hydrogen) atoms. The van der Waals surface area contributed by atoms with Crippen LogP contribution in [0.4, 0.5) is 0 Å². The van der Waals surface area contributed by atoms with E-state index in [4.69, 9.17) is 4.98 Å². The minimum atomic E-state index is -3.17. The van der Waals surface area contributed by atoms with E-state index in [9.17, 15) is 0 Å². The number of benzene rings is 7. The maximum absolute atomic E-state index is 15.4. The number of aryl methyl sites for hydroxylation is 1. The molecule has 0 fully saturated rings. The SMILES string of the molecule is Cc1cc(-c2c3ccc4ccccc4c3nc3c2ccc2ccccc23)cc(P(=O)(c2ccccc2)c2ccccc2)c1. The van der Waals surface area contributed by atoms with Crippen molar-refractivity contribution in [1.82, 2.24) is 4.98 Å². The minimum Gasteiger partial charge on any atom is -0.309 e. The Bertz CT molecular complexity index is 2240. The average Bonchev–Trinajstić information content (AvgIpc) is 3.07. The molecule has 0 aliphatic heterocycles. The van der Waals surface area contributed by atoms with Gasteiger partial charge in [0.15, 0.2) is 7.14 Å². The van der Waals surface area contributed by atoms with Gasteiger partial charge in [-0.3, -0.25) is 0 Å². The van der Waals surface area contributed by atoms with Gasteiger partial charge in [0.2, 0.25) is 0 Å². The highest BCUT2D eigenvalue weighted by Gasteiger charge is 2.30. The predicted octanol–water partition coefficient (Wildman–Crippen LogP) is 9.31. The summed E-state index contributed by atoms with van der Waals surface area (Å²) in [5.74, 6) is 0. The zero-order chi connectivity index (χ0) is 29.0. The topological polar surface area (TPSA) is 30.0 Å². The third-order valence-corrected chi connectivity index (χ3v) is 11.6. The number of pyridine rings is 1. The van der Waals surface area contributed by atoms with Gasteiger partial charge in [-0.1, -0.05) is 140 Å². The Hall–Kier alpha value is -5.04. The molecular weight excluding hydrogens is 541 g/mol. The number of hydrogen-bond donors (Lipinski definition) is 0. The molecule has 0 N–H and O–H groups in total. The zero-order valence-electron chi connectivity index (χ0n) is 23.7. The van der Waals surface area contributed by atoms with Crippen molar-refractivity contribution in [2.75, 3.05) is 0 Å². The highest BCUT2D eigenvalue weighted by atomic mass is 31.2. The van der Waals surface area contributed by atoms with Crippen LogP contribution in [-0.2, 0) is 4.57 Å². The molecule has 0 saturated carbocycles. The second kappa shape index (κ2) is 10.1. The van der Waals surface area contributed by atoms with E-state index in [2.05, 4.69) is 97.9 Å². The van der Waals surface area contributed by atoms with Gasteiger partial charge in [-0.05, 0) is 41.0 Å². The third-order valence-electron chi connectivity index (χ3n) is 8.52. The van der Waals surface area contributed by atoms with Crippen LogP contribution in [0.15, 0.2) is 152 Å². The van der Waals surface area contributed by atoms with Crippen LogP contribution in [0.25, 0.3) is 54.5 Å². The van der Waals surface area contributed by atoms with Gasteiger partial charge in [0, 0.05) is 43.0 Å². The molecular formula is C40H28NOP. The van der Waals surface area contributed by atoms with Crippen molar-refractivity contribution >= 4 is 66.4 Å². The molecule has 0 unspecified atom stereocenters. The first-order valence-corrected chi connectivity index (χ1v) is 16.3. The second-order valence-electron chi connectivity index (χ2n) is 11.2. The Labute approximate surface area is 250 Å². The molecule has 3 heteroatoms. The van der Waals surface area contributed by atoms with E-state index in [1.165, 1.54) is 0 Å². The molecule has 0 saturated heterocycles. The van der Waals surface area contributed by atoms with E-state index in [-0.39, 0.29) is 0 Å². The van der Waals surface area contributed by atoms with Crippen molar-refractivity contribution in [3.63, 3.8) is 0 Å². The lowest BCUT2D eigenvalue weighted by atomic mass is 9.92. The predicted molar refractivity (Wildman–Crippen MR) is 184 cm³/mol. The number of rotatable bonds is 4. The highest BCUT2D eigenvalue weighted by molar-refractivity contribution is 7.85. The lowest BCUT2D eigenvalue weighted by Crippen LogP contribution is -2.25. The van der Waals surface area contributed by atoms with E-state index in [1.54, 1.807) is 0 Å². The van der Waals surface area contributed by atoms with Crippen LogP contribution in [0, 0.1) is 6.92 Å². The Morgan fingerprint density at radius 3 is 1.49 bits per heavy atom. The molecule has 0 radical (unpaired) electrons. The molecule has 204 valence electrons. The lowest BCUT2D eigenvalue weighted by molar-refractivity contribution is 0.592. The van der Waals surface area contributed by atoms with Gasteiger partial charge in [0.05, 0.1) is 11.0 Å². The number of aromatic nitrogens is 1. The van der Waals surface area contributed by atoms with Crippen LogP contribution in [0.1, 0.15) is 5.56 Å². The Morgan fingerprint density at radius 1 is 0.465 bits per heavy atom. The number of nitrogens with zero attached hydrogens (tertiary/aromatic N) is 1. The molecule has 8 rings (SSSR count). The summed E-state index contributed by atoms with van der Waals surface area (Å²) in [6.07, 6.45) is 0. The second-order valence-corrected chi connectivity index (χ2v) is 14.0. The molecule has 1 aromatic heterocycles. The van der Waals surface area contributed by atoms with Crippen molar-refractivity contribution in [3.8, 4) is 11.1 Å². The monoisotopic (exact) mass is 569 g/mol. The lowest BCUT2D eigenvalue weighted by Gasteiger charge is -2.22. The maximum Gasteiger partial charge on any atom is 0.171 e. The number of fused-ring (bicyclic) bond motifs is 6. The Kier molecular flexibility index (Phi) is 6.00. The molecule has 8 aromatic rings. The van der Waals surface area contributed by atoms with Crippen LogP contribution in [0.2, 0.25) is 0 Å². The maximum atomic E-state index is 15.4. The first-order valence-electron chi connectivity index (χ1n) is 14.6. The molecule has 0 bridgehead atoms. The van der Waals surface area contributed by atoms with Gasteiger partial charge in [-0.15, -0.1) is 0 Å². The quantitative estimate of drug-likeness (QED) is 0.120. The first kappa shape index (κ1) is 25.7. The van der Waals surface area contributed by atoms with E-state index in [0.717, 1.165) is 76.0 Å². The van der Waals surface area contributed by atoms with Crippen LogP contribution in [0.5, 0.6) is 0 Å². The largest absolute Gasteiger partial charge is 0.309 e. The van der Waals surface area contributed by atoms with Gasteiger partial charge in [0.1, 0.15) is 0 Å². The zero-order valence-corrected chi connectivity index (χ0v) is 24.6. The van der Waals surface area contributed by atoms with E-state index in [0.29, 0.717) is 0 Å². The van der Waals surface area contributed by atoms with Crippen molar-refractivity contribution < 1.29 is 4.57 Å². The van der Waals surface area contributed by atoms with Crippen LogP contribution in [0.3, 0.4) is 0 Å². The molecule has 1 heterocycles. The standard InChI is InChI=1S/C40H28NOP/c1-27-24-30(26-33(25-27)43(42,31-14-4-2-5-15-31)32-16-6-3-7-17-32)38-36-22-20-28-12-8-10-18-34(28)39(36)41-40-35-19-11-9-13-29(35)21-23-37(38)40/h2-26H,1H3. The number of hydrogen-bond acceptors (Lipinski definition) is 2. The Balaban J connectivity index is 1.50. The van der Waals surface area contributed by atoms with E-state index < -0.39 is 7.14 Å². The molecule has 2 nitrogen and oxygen atoms in total. The summed E-state index contributed by atoms with van der Waals surface area (Å²) in [7, 11) is -3.17. The molecule has 0 amide bonds. The summed E-state index contributed by atoms with van der Waals surface area (Å²) in [6.45, 7) is 2.10. The van der Waals surface area contributed by atoms with Gasteiger partial charge in [-0.25, -0.2) is 4.98 Å². The summed E-state index contributed by atoms with van der Waals surface area (Å²) in [4.78, 5) is 5.35. The fourth-order valence-electron chi connectivity index (χ4n) is 6.53. The molecule has 0 aliphatic carbocycles. The molecule has 0 spiro atoms. The summed E-state index contributed by atoms with van der Waals surface area (Å²) >= 11 is 0. The van der Waals surface area contributed by atoms with Gasteiger partial charge in [0.25, 0.3) is 0 Å². The summed E-state index contributed by atoms with van der Waals surface area (Å²) < 4.78 is 15.4. The molecule has 0 atom stereocenters. The average molecular weight is 570 g/mol. The van der Waals surface area contributed by atoms with Crippen molar-refractivity contribution in [1.29, 1.82) is 0 Å². The minimum absolute atomic E-state index is 0.833. The van der Waals surface area contributed by atoms with Crippen molar-refractivity contribution in [2.45, 2.75) is 6.92 Å². The fraction of sp³-hybridized carbons (Fsp3) is 0.0250. The first-order chi connectivity index (χ1) is 21.1. The van der Waals surface area contributed by atoms with Gasteiger partial charge >= 0.3 is 0 Å². The van der Waals surface area contributed by atoms with Gasteiger partial charge in [-0.2, -0.15) is 0 Å². The van der Waals surface area contributed by atoms with Crippen LogP contribution >= 0.6 is 7.14 Å². The van der Waals surface area contributed by atoms with Crippen molar-refractivity contribution in [2.24, 2.45) is 0 Å². The molecule has 7 aromatic carbocycles. The molecule has 0 aliphatic rings. The summed E-state index contributed by atoms with van der Waals surface area (Å²) in [5.41, 5.74) is 5.20. The normalized spacial score (nSPS) is 11.9. The van der Waals surface area contributed by atoms with E-state index in [1.807, 2.05) is 60.7 Å². The van der Waals surface area contributed by atoms with Crippen LogP contribution in [-0.4, -0.2) is 4.98 Å². The Morgan fingerprint density at radius 2 is 0.953 bits per heavy atom. The smallest absolute Gasteiger partial charge is 0.171 e. The van der Waals surface area contributed by atoms with Crippen molar-refractivity contribution in [3.05, 3.63) is 157 Å².